The number of hydrogen-bond acceptors (Lipinski definition) is 4. The Balaban J connectivity index is 2.20. The van der Waals surface area contributed by atoms with Gasteiger partial charge in [-0.25, -0.2) is 14.7 Å². The maximum atomic E-state index is 11.7. The number of H-pyrrole nitrogens is 1. The van der Waals surface area contributed by atoms with E-state index in [1.165, 1.54) is 6.92 Å². The highest BCUT2D eigenvalue weighted by atomic mass is 16.4. The number of nitrogens with zero attached hydrogens (tertiary/aromatic N) is 2. The van der Waals surface area contributed by atoms with Gasteiger partial charge in [-0.05, 0) is 12.5 Å². The molecule has 0 radical (unpaired) electrons. The molecule has 0 aliphatic rings. The van der Waals surface area contributed by atoms with Gasteiger partial charge in [0.1, 0.15) is 0 Å². The molecule has 0 bridgehead atoms. The largest absolute Gasteiger partial charge is 0.478 e. The lowest BCUT2D eigenvalue weighted by molar-refractivity contribution is -0.132. The first kappa shape index (κ1) is 15.2. The summed E-state index contributed by atoms with van der Waals surface area (Å²) in [6.07, 6.45) is 1.23. The Hall–Kier alpha value is -3.16. The summed E-state index contributed by atoms with van der Waals surface area (Å²) in [5.41, 5.74) is 2.46. The second kappa shape index (κ2) is 6.53. The van der Waals surface area contributed by atoms with E-state index in [0.29, 0.717) is 12.2 Å². The first-order valence-corrected chi connectivity index (χ1v) is 6.40. The molecule has 0 saturated carbocycles. The van der Waals surface area contributed by atoms with Crippen LogP contribution in [0.25, 0.3) is 0 Å². The number of nitrogens with one attached hydrogen (secondary N) is 2. The van der Waals surface area contributed by atoms with Crippen molar-refractivity contribution in [2.75, 3.05) is 5.43 Å². The van der Waals surface area contributed by atoms with E-state index in [2.05, 4.69) is 15.6 Å². The van der Waals surface area contributed by atoms with Gasteiger partial charge in [0, 0.05) is 18.1 Å². The number of carbonyl (C=O) groups is 2. The van der Waals surface area contributed by atoms with Crippen molar-refractivity contribution in [3.8, 4) is 0 Å². The van der Waals surface area contributed by atoms with Crippen LogP contribution in [0.5, 0.6) is 0 Å². The van der Waals surface area contributed by atoms with Crippen LogP contribution in [-0.2, 0) is 16.0 Å². The predicted molar refractivity (Wildman–Crippen MR) is 77.9 cm³/mol. The van der Waals surface area contributed by atoms with Gasteiger partial charge >= 0.3 is 11.7 Å². The van der Waals surface area contributed by atoms with Crippen molar-refractivity contribution in [1.29, 1.82) is 0 Å². The number of aliphatic carboxylic acids is 1. The maximum Gasteiger partial charge on any atom is 0.362 e. The van der Waals surface area contributed by atoms with Crippen molar-refractivity contribution in [2.45, 2.75) is 13.3 Å². The Kier molecular flexibility index (Phi) is 4.52. The van der Waals surface area contributed by atoms with Crippen LogP contribution in [0.4, 0.5) is 0 Å². The van der Waals surface area contributed by atoms with E-state index in [1.807, 2.05) is 30.3 Å². The quantitative estimate of drug-likeness (QED) is 0.685. The molecule has 8 heteroatoms. The monoisotopic (exact) mass is 302 g/mol. The summed E-state index contributed by atoms with van der Waals surface area (Å²) in [5, 5.41) is 14.8. The molecule has 0 fully saturated rings. The number of hydrogen-bond donors (Lipinski definition) is 3. The summed E-state index contributed by atoms with van der Waals surface area (Å²) >= 11 is 0. The van der Waals surface area contributed by atoms with Gasteiger partial charge in [-0.1, -0.05) is 30.3 Å². The maximum absolute atomic E-state index is 11.7. The fourth-order valence-corrected chi connectivity index (χ4v) is 1.74. The predicted octanol–water partition coefficient (Wildman–Crippen LogP) is 0.263. The molecule has 2 rings (SSSR count). The molecule has 1 aromatic heterocycles. The highest BCUT2D eigenvalue weighted by Gasteiger charge is 2.12. The van der Waals surface area contributed by atoms with Gasteiger partial charge in [0.05, 0.1) is 0 Å². The molecule has 0 aliphatic carbocycles. The number of carboxylic acids is 1. The molecule has 0 unspecified atom stereocenters. The highest BCUT2D eigenvalue weighted by Crippen LogP contribution is 2.04. The summed E-state index contributed by atoms with van der Waals surface area (Å²) in [6, 6.07) is 9.28. The zero-order valence-corrected chi connectivity index (χ0v) is 11.7. The van der Waals surface area contributed by atoms with Crippen LogP contribution in [0.15, 0.2) is 46.8 Å². The van der Waals surface area contributed by atoms with Crippen LogP contribution in [0.3, 0.4) is 0 Å². The third-order valence-electron chi connectivity index (χ3n) is 2.85. The van der Waals surface area contributed by atoms with Crippen LogP contribution < -0.4 is 11.1 Å². The van der Waals surface area contributed by atoms with E-state index in [9.17, 15) is 14.4 Å². The second-order valence-electron chi connectivity index (χ2n) is 4.55. The number of amides is 1. The van der Waals surface area contributed by atoms with Crippen molar-refractivity contribution in [1.82, 2.24) is 14.9 Å². The van der Waals surface area contributed by atoms with E-state index in [-0.39, 0.29) is 5.57 Å². The van der Waals surface area contributed by atoms with Gasteiger partial charge in [0.25, 0.3) is 5.91 Å². The zero-order chi connectivity index (χ0) is 16.1. The molecule has 114 valence electrons. The Morgan fingerprint density at radius 1 is 1.36 bits per heavy atom. The molecular weight excluding hydrogens is 288 g/mol. The summed E-state index contributed by atoms with van der Waals surface area (Å²) in [7, 11) is 0. The Morgan fingerprint density at radius 2 is 2.05 bits per heavy atom. The molecule has 1 aromatic carbocycles. The smallest absolute Gasteiger partial charge is 0.362 e. The molecule has 0 atom stereocenters. The van der Waals surface area contributed by atoms with Crippen molar-refractivity contribution >= 4 is 11.9 Å². The van der Waals surface area contributed by atoms with Crippen LogP contribution in [-0.4, -0.2) is 31.9 Å². The number of benzene rings is 1. The average molecular weight is 302 g/mol. The summed E-state index contributed by atoms with van der Waals surface area (Å²) in [5.74, 6) is -1.62. The van der Waals surface area contributed by atoms with Crippen molar-refractivity contribution in [3.63, 3.8) is 0 Å². The van der Waals surface area contributed by atoms with Gasteiger partial charge in [-0.3, -0.25) is 10.2 Å². The van der Waals surface area contributed by atoms with Crippen molar-refractivity contribution in [2.24, 2.45) is 0 Å². The third kappa shape index (κ3) is 3.69. The van der Waals surface area contributed by atoms with Crippen LogP contribution >= 0.6 is 0 Å². The first-order chi connectivity index (χ1) is 10.5. The molecule has 2 aromatic rings. The van der Waals surface area contributed by atoms with E-state index < -0.39 is 17.6 Å². The zero-order valence-electron chi connectivity index (χ0n) is 11.7. The molecule has 0 spiro atoms. The normalized spacial score (nSPS) is 11.2. The van der Waals surface area contributed by atoms with Crippen molar-refractivity contribution in [3.05, 3.63) is 63.9 Å². The molecule has 8 nitrogen and oxygen atoms in total. The van der Waals surface area contributed by atoms with Gasteiger partial charge in [0.2, 0.25) is 0 Å². The Labute approximate surface area is 125 Å². The molecule has 22 heavy (non-hydrogen) atoms. The summed E-state index contributed by atoms with van der Waals surface area (Å²) in [4.78, 5) is 34.1. The number of rotatable bonds is 5. The van der Waals surface area contributed by atoms with Gasteiger partial charge in [-0.2, -0.15) is 9.77 Å². The summed E-state index contributed by atoms with van der Waals surface area (Å²) in [6.45, 7) is 1.28. The molecule has 0 aliphatic heterocycles. The first-order valence-electron chi connectivity index (χ1n) is 6.40. The van der Waals surface area contributed by atoms with Crippen LogP contribution in [0.2, 0.25) is 0 Å². The van der Waals surface area contributed by atoms with E-state index in [4.69, 9.17) is 5.11 Å². The second-order valence-corrected chi connectivity index (χ2v) is 4.55. The van der Waals surface area contributed by atoms with E-state index >= 15 is 0 Å². The Morgan fingerprint density at radius 3 is 2.68 bits per heavy atom. The minimum absolute atomic E-state index is 0.140. The van der Waals surface area contributed by atoms with Gasteiger partial charge < -0.3 is 5.11 Å². The minimum atomic E-state index is -1.21. The lowest BCUT2D eigenvalue weighted by Crippen LogP contribution is -2.32. The number of aromatic nitrogens is 3. The number of aromatic amines is 1. The minimum Gasteiger partial charge on any atom is -0.478 e. The van der Waals surface area contributed by atoms with Gasteiger partial charge in [0.15, 0.2) is 5.82 Å². The van der Waals surface area contributed by atoms with Crippen molar-refractivity contribution < 1.29 is 14.7 Å². The lowest BCUT2D eigenvalue weighted by Gasteiger charge is -2.06. The van der Waals surface area contributed by atoms with E-state index in [1.54, 1.807) is 0 Å². The van der Waals surface area contributed by atoms with E-state index in [0.717, 1.165) is 16.3 Å². The van der Waals surface area contributed by atoms with Crippen LogP contribution in [0, 0.1) is 0 Å². The lowest BCUT2D eigenvalue weighted by atomic mass is 10.1. The van der Waals surface area contributed by atoms with Gasteiger partial charge in [-0.15, -0.1) is 0 Å². The Bertz CT molecular complexity index is 774. The fourth-order valence-electron chi connectivity index (χ4n) is 1.74. The summed E-state index contributed by atoms with van der Waals surface area (Å²) < 4.78 is 0.959. The molecule has 1 amide bonds. The SMILES string of the molecule is CC(=CC(=O)Nn1c(Cc2ccccc2)n[nH]c1=O)C(=O)O. The van der Waals surface area contributed by atoms with Crippen LogP contribution in [0.1, 0.15) is 18.3 Å². The highest BCUT2D eigenvalue weighted by molar-refractivity contribution is 6.00. The average Bonchev–Trinajstić information content (AvgIpc) is 2.81. The molecule has 1 heterocycles. The number of carbonyl (C=O) groups excluding carboxylic acids is 1. The third-order valence-corrected chi connectivity index (χ3v) is 2.85. The molecule has 0 saturated heterocycles. The number of carboxylic acid groups (broad SMARTS) is 1. The topological polar surface area (TPSA) is 117 Å². The fraction of sp³-hybridized carbons (Fsp3) is 0.143. The molecular formula is C14H14N4O4. The standard InChI is InChI=1S/C14H14N4O4/c1-9(13(20)21)7-12(19)17-18-11(15-16-14(18)22)8-10-5-3-2-4-6-10/h2-7H,8H2,1H3,(H,16,22)(H,17,19)(H,20,21). The molecule has 3 N–H and O–H groups in total.